The van der Waals surface area contributed by atoms with Gasteiger partial charge in [-0.2, -0.15) is 31.4 Å². The zero-order valence-electron chi connectivity index (χ0n) is 20.9. The molecule has 0 N–H and O–H groups in total. The van der Waals surface area contributed by atoms with Gasteiger partial charge in [-0.25, -0.2) is 14.1 Å². The maximum Gasteiger partial charge on any atom is 0.435 e. The molecule has 226 valence electrons. The Balaban J connectivity index is 1.46. The smallest absolute Gasteiger partial charge is 0.348 e. The van der Waals surface area contributed by atoms with E-state index in [1.807, 2.05) is 0 Å². The Morgan fingerprint density at radius 1 is 0.929 bits per heavy atom. The predicted molar refractivity (Wildman–Crippen MR) is 136 cm³/mol. The lowest BCUT2D eigenvalue weighted by atomic mass is 9.94. The first-order valence-electron chi connectivity index (χ1n) is 12.2. The number of benzene rings is 1. The first-order valence-corrected chi connectivity index (χ1v) is 13.3. The minimum absolute atomic E-state index is 0.0159. The van der Waals surface area contributed by atoms with Crippen LogP contribution in [0.2, 0.25) is 15.2 Å². The van der Waals surface area contributed by atoms with E-state index in [1.54, 1.807) is 4.90 Å². The van der Waals surface area contributed by atoms with Crippen molar-refractivity contribution in [3.05, 3.63) is 63.1 Å². The average molecular weight is 662 g/mol. The Labute approximate surface area is 248 Å². The number of carbonyl (C=O) groups is 1. The minimum atomic E-state index is -6.35. The molecule has 1 aliphatic carbocycles. The van der Waals surface area contributed by atoms with Gasteiger partial charge in [-0.1, -0.05) is 34.8 Å². The molecule has 3 aromatic rings. The highest BCUT2D eigenvalue weighted by Gasteiger charge is 2.73. The lowest BCUT2D eigenvalue weighted by molar-refractivity contribution is -0.348. The van der Waals surface area contributed by atoms with Gasteiger partial charge in [0, 0.05) is 35.1 Å². The summed E-state index contributed by atoms with van der Waals surface area (Å²) in [5.74, 6) is -0.408. The van der Waals surface area contributed by atoms with Gasteiger partial charge in [-0.15, -0.1) is 0 Å². The molecule has 0 bridgehead atoms. The summed E-state index contributed by atoms with van der Waals surface area (Å²) in [6.07, 6.45) is -7.77. The summed E-state index contributed by atoms with van der Waals surface area (Å²) in [6, 6.07) is 1.82. The van der Waals surface area contributed by atoms with Crippen molar-refractivity contribution in [2.75, 3.05) is 19.8 Å². The molecule has 0 unspecified atom stereocenters. The van der Waals surface area contributed by atoms with Crippen LogP contribution in [-0.2, 0) is 15.1 Å². The highest BCUT2D eigenvalue weighted by molar-refractivity contribution is 6.38. The molecule has 1 saturated heterocycles. The second-order valence-corrected chi connectivity index (χ2v) is 10.7. The van der Waals surface area contributed by atoms with Gasteiger partial charge >= 0.3 is 18.0 Å². The van der Waals surface area contributed by atoms with E-state index in [0.717, 1.165) is 17.5 Å². The zero-order valence-corrected chi connectivity index (χ0v) is 23.2. The summed E-state index contributed by atoms with van der Waals surface area (Å²) in [4.78, 5) is 19.1. The maximum atomic E-state index is 14.6. The van der Waals surface area contributed by atoms with Crippen molar-refractivity contribution in [1.29, 1.82) is 0 Å². The van der Waals surface area contributed by atoms with Crippen LogP contribution < -0.4 is 0 Å². The molecule has 2 aliphatic rings. The molecule has 0 spiro atoms. The topological polar surface area (TPSA) is 69.5 Å². The fraction of sp³-hybridized carbons (Fsp3) is 0.400. The molecule has 1 saturated carbocycles. The van der Waals surface area contributed by atoms with Crippen LogP contribution in [0, 0.1) is 0 Å². The van der Waals surface area contributed by atoms with Gasteiger partial charge in [-0.05, 0) is 31.0 Å². The molecule has 2 aromatic heterocycles. The number of pyridine rings is 1. The summed E-state index contributed by atoms with van der Waals surface area (Å²) >= 11 is 18.3. The van der Waals surface area contributed by atoms with Gasteiger partial charge < -0.3 is 14.4 Å². The number of alkyl halides is 7. The summed E-state index contributed by atoms with van der Waals surface area (Å²) in [7, 11) is 0. The van der Waals surface area contributed by atoms with Crippen molar-refractivity contribution in [3.8, 4) is 16.8 Å². The van der Waals surface area contributed by atoms with Crippen molar-refractivity contribution in [2.24, 2.45) is 0 Å². The molecule has 42 heavy (non-hydrogen) atoms. The number of rotatable bonds is 7. The number of aromatic nitrogens is 3. The van der Waals surface area contributed by atoms with E-state index in [0.29, 0.717) is 24.3 Å². The van der Waals surface area contributed by atoms with Crippen LogP contribution in [0.1, 0.15) is 28.8 Å². The molecular formula is C25H18Cl3F7N4O3. The zero-order chi connectivity index (χ0) is 30.6. The van der Waals surface area contributed by atoms with Gasteiger partial charge in [0.05, 0.1) is 41.6 Å². The molecule has 0 radical (unpaired) electrons. The Morgan fingerprint density at radius 2 is 1.52 bits per heavy atom. The molecular weight excluding hydrogens is 644 g/mol. The summed E-state index contributed by atoms with van der Waals surface area (Å²) in [5, 5.41) is 2.50. The summed E-state index contributed by atoms with van der Waals surface area (Å²) in [5.41, 5.74) is -7.13. The van der Waals surface area contributed by atoms with E-state index in [-0.39, 0.29) is 41.1 Å². The van der Waals surface area contributed by atoms with E-state index in [2.05, 4.69) is 10.1 Å². The minimum Gasteiger partial charge on any atom is -0.348 e. The molecule has 1 aliphatic heterocycles. The normalized spacial score (nSPS) is 16.7. The first kappa shape index (κ1) is 30.8. The van der Waals surface area contributed by atoms with E-state index < -0.39 is 45.8 Å². The van der Waals surface area contributed by atoms with Crippen molar-refractivity contribution < 1.29 is 45.0 Å². The van der Waals surface area contributed by atoms with E-state index in [9.17, 15) is 35.5 Å². The molecule has 17 heteroatoms. The fourth-order valence-electron chi connectivity index (χ4n) is 4.43. The molecule has 1 aromatic carbocycles. The van der Waals surface area contributed by atoms with Crippen LogP contribution >= 0.6 is 34.8 Å². The van der Waals surface area contributed by atoms with Gasteiger partial charge in [0.25, 0.3) is 5.91 Å². The third-order valence-electron chi connectivity index (χ3n) is 6.70. The van der Waals surface area contributed by atoms with Crippen molar-refractivity contribution in [1.82, 2.24) is 19.7 Å². The molecule has 3 heterocycles. The van der Waals surface area contributed by atoms with Crippen molar-refractivity contribution in [3.63, 3.8) is 0 Å². The largest absolute Gasteiger partial charge is 0.435 e. The third-order valence-corrected chi connectivity index (χ3v) is 7.57. The van der Waals surface area contributed by atoms with Gasteiger partial charge in [-0.3, -0.25) is 4.79 Å². The van der Waals surface area contributed by atoms with Crippen LogP contribution in [0.3, 0.4) is 0 Å². The number of hydrogen-bond acceptors (Lipinski definition) is 5. The Kier molecular flexibility index (Phi) is 8.16. The van der Waals surface area contributed by atoms with Crippen LogP contribution in [0.25, 0.3) is 16.8 Å². The Morgan fingerprint density at radius 3 is 2.07 bits per heavy atom. The SMILES string of the molecule is O=C(c1cc(-c2cnn(-c3c(Cl)cc(C(F)(C(F)(F)F)C(F)(F)F)cc3Cl)c2)cnc1Cl)N(CC1OCCO1)C1CC1. The standard InChI is InChI=1S/C25H18Cl3F7N4O3/c26-17-6-14(23(29,24(30,31)32)25(33,34)35)7-18(27)20(17)39-10-13(9-37-39)12-5-16(21(28)36-8-12)22(40)38(15-1-2-15)11-19-41-3-4-42-19/h5-10,15,19H,1-4,11H2. The molecule has 7 nitrogen and oxygen atoms in total. The van der Waals surface area contributed by atoms with E-state index in [1.165, 1.54) is 24.7 Å². The first-order chi connectivity index (χ1) is 19.6. The lowest BCUT2D eigenvalue weighted by Gasteiger charge is -2.30. The second kappa shape index (κ2) is 11.1. The maximum absolute atomic E-state index is 14.6. The summed E-state index contributed by atoms with van der Waals surface area (Å²) in [6.45, 7) is 1.02. The summed E-state index contributed by atoms with van der Waals surface area (Å²) < 4.78 is 106. The number of ether oxygens (including phenoxy) is 2. The van der Waals surface area contributed by atoms with Crippen molar-refractivity contribution >= 4 is 40.7 Å². The van der Waals surface area contributed by atoms with Crippen LogP contribution in [0.15, 0.2) is 36.8 Å². The van der Waals surface area contributed by atoms with Gasteiger partial charge in [0.1, 0.15) is 10.8 Å². The number of nitrogens with zero attached hydrogens (tertiary/aromatic N) is 4. The van der Waals surface area contributed by atoms with E-state index in [4.69, 9.17) is 44.3 Å². The Bertz CT molecular complexity index is 1470. The van der Waals surface area contributed by atoms with Gasteiger partial charge in [0.15, 0.2) is 6.29 Å². The number of halogens is 10. The van der Waals surface area contributed by atoms with Crippen LogP contribution in [0.5, 0.6) is 0 Å². The average Bonchev–Trinajstić information content (AvgIpc) is 3.38. The third kappa shape index (κ3) is 5.66. The van der Waals surface area contributed by atoms with E-state index >= 15 is 0 Å². The molecule has 5 rings (SSSR count). The monoisotopic (exact) mass is 660 g/mol. The fourth-order valence-corrected chi connectivity index (χ4v) is 5.28. The molecule has 2 fully saturated rings. The number of carbonyl (C=O) groups excluding carboxylic acids is 1. The second-order valence-electron chi connectivity index (χ2n) is 9.54. The predicted octanol–water partition coefficient (Wildman–Crippen LogP) is 7.16. The quantitative estimate of drug-likeness (QED) is 0.199. The van der Waals surface area contributed by atoms with Gasteiger partial charge in [0.2, 0.25) is 0 Å². The highest BCUT2D eigenvalue weighted by atomic mass is 35.5. The van der Waals surface area contributed by atoms with Crippen LogP contribution in [0.4, 0.5) is 30.7 Å². The Hall–Kier alpha value is -2.65. The molecule has 1 amide bonds. The number of hydrogen-bond donors (Lipinski definition) is 0. The lowest BCUT2D eigenvalue weighted by Crippen LogP contribution is -2.50. The van der Waals surface area contributed by atoms with Crippen LogP contribution in [-0.4, -0.2) is 70.0 Å². The number of amides is 1. The van der Waals surface area contributed by atoms with Crippen molar-refractivity contribution in [2.45, 2.75) is 43.2 Å². The molecule has 0 atom stereocenters. The highest BCUT2D eigenvalue weighted by Crippen LogP contribution is 2.54.